The Morgan fingerprint density at radius 2 is 2.45 bits per heavy atom. The Labute approximate surface area is 118 Å². The Morgan fingerprint density at radius 1 is 1.65 bits per heavy atom. The molecule has 8 heteroatoms. The van der Waals surface area contributed by atoms with Crippen molar-refractivity contribution < 1.29 is 23.1 Å². The maximum atomic E-state index is 11.2. The third-order valence-corrected chi connectivity index (χ3v) is 3.83. The van der Waals surface area contributed by atoms with Crippen LogP contribution in [0.1, 0.15) is 19.8 Å². The van der Waals surface area contributed by atoms with Crippen LogP contribution in [0.3, 0.4) is 0 Å². The van der Waals surface area contributed by atoms with Gasteiger partial charge >= 0.3 is 8.25 Å². The van der Waals surface area contributed by atoms with Gasteiger partial charge < -0.3 is 19.5 Å². The summed E-state index contributed by atoms with van der Waals surface area (Å²) >= 11 is 0. The average Bonchev–Trinajstić information content (AvgIpc) is 2.85. The van der Waals surface area contributed by atoms with Crippen LogP contribution in [0.4, 0.5) is 0 Å². The van der Waals surface area contributed by atoms with Crippen molar-refractivity contribution in [3.8, 4) is 12.5 Å². The molecule has 2 aliphatic rings. The number of hydrogen-bond donors (Lipinski definition) is 1. The van der Waals surface area contributed by atoms with Crippen molar-refractivity contribution in [3.63, 3.8) is 0 Å². The second-order valence-electron chi connectivity index (χ2n) is 4.52. The van der Waals surface area contributed by atoms with Crippen molar-refractivity contribution in [1.82, 2.24) is 10.2 Å². The first-order valence-electron chi connectivity index (χ1n) is 6.31. The molecule has 1 fully saturated rings. The minimum Gasteiger partial charge on any atom is -0.373 e. The summed E-state index contributed by atoms with van der Waals surface area (Å²) in [5, 5.41) is 2.79. The van der Waals surface area contributed by atoms with Crippen LogP contribution >= 0.6 is 8.25 Å². The molecular formula is C12H17N2O5P. The minimum atomic E-state index is -2.64. The van der Waals surface area contributed by atoms with Crippen LogP contribution in [0.5, 0.6) is 0 Å². The van der Waals surface area contributed by atoms with Gasteiger partial charge in [-0.3, -0.25) is 9.32 Å². The molecule has 0 aromatic rings. The van der Waals surface area contributed by atoms with E-state index in [0.29, 0.717) is 0 Å². The summed E-state index contributed by atoms with van der Waals surface area (Å²) in [6, 6.07) is 0. The molecule has 4 unspecified atom stereocenters. The lowest BCUT2D eigenvalue weighted by atomic mass is 10.2. The molecule has 110 valence electrons. The van der Waals surface area contributed by atoms with Crippen LogP contribution in [0, 0.1) is 12.5 Å². The van der Waals surface area contributed by atoms with Crippen LogP contribution in [-0.4, -0.2) is 35.9 Å². The van der Waals surface area contributed by atoms with Crippen molar-refractivity contribution >= 4 is 14.2 Å². The molecule has 0 aromatic carbocycles. The standard InChI is InChI=1S/C12H17N2O5P/c1-3-17-20(16)18-8-10-4-5-12(19-10)14-7-6-11(15)13-9(14)2/h1,6-7,9-10,12,20H,4-5,8H2,2H3,(H,13,15). The van der Waals surface area contributed by atoms with E-state index < -0.39 is 8.25 Å². The molecule has 4 atom stereocenters. The van der Waals surface area contributed by atoms with E-state index in [4.69, 9.17) is 15.7 Å². The summed E-state index contributed by atoms with van der Waals surface area (Å²) in [5.74, 6) is -0.114. The molecule has 20 heavy (non-hydrogen) atoms. The topological polar surface area (TPSA) is 77.1 Å². The van der Waals surface area contributed by atoms with E-state index in [1.165, 1.54) is 6.08 Å². The molecule has 0 spiro atoms. The molecule has 2 rings (SSSR count). The zero-order valence-electron chi connectivity index (χ0n) is 11.1. The first kappa shape index (κ1) is 14.9. The quantitative estimate of drug-likeness (QED) is 0.598. The van der Waals surface area contributed by atoms with E-state index in [0.717, 1.165) is 12.8 Å². The monoisotopic (exact) mass is 300 g/mol. The smallest absolute Gasteiger partial charge is 0.373 e. The molecular weight excluding hydrogens is 283 g/mol. The number of hydrogen-bond acceptors (Lipinski definition) is 6. The Kier molecular flexibility index (Phi) is 5.07. The summed E-state index contributed by atoms with van der Waals surface area (Å²) in [7, 11) is -2.64. The summed E-state index contributed by atoms with van der Waals surface area (Å²) in [6.07, 6.45) is 11.0. The number of carbonyl (C=O) groups is 1. The number of carbonyl (C=O) groups excluding carboxylic acids is 1. The van der Waals surface area contributed by atoms with Crippen molar-refractivity contribution in [2.24, 2.45) is 0 Å². The van der Waals surface area contributed by atoms with E-state index >= 15 is 0 Å². The van der Waals surface area contributed by atoms with E-state index in [1.807, 2.05) is 17.9 Å². The van der Waals surface area contributed by atoms with E-state index in [-0.39, 0.29) is 31.0 Å². The van der Waals surface area contributed by atoms with Crippen LogP contribution in [-0.2, 0) is 23.1 Å². The zero-order chi connectivity index (χ0) is 14.5. The number of terminal acetylenes is 1. The van der Waals surface area contributed by atoms with Gasteiger partial charge in [0, 0.05) is 12.3 Å². The Morgan fingerprint density at radius 3 is 3.15 bits per heavy atom. The van der Waals surface area contributed by atoms with Gasteiger partial charge in [-0.2, -0.15) is 0 Å². The summed E-state index contributed by atoms with van der Waals surface area (Å²) in [4.78, 5) is 13.1. The molecule has 0 radical (unpaired) electrons. The van der Waals surface area contributed by atoms with Gasteiger partial charge in [0.15, 0.2) is 0 Å². The summed E-state index contributed by atoms with van der Waals surface area (Å²) in [6.45, 7) is 2.06. The first-order chi connectivity index (χ1) is 9.60. The molecule has 0 saturated carbocycles. The van der Waals surface area contributed by atoms with Crippen LogP contribution in [0.15, 0.2) is 12.3 Å². The van der Waals surface area contributed by atoms with E-state index in [2.05, 4.69) is 9.84 Å². The van der Waals surface area contributed by atoms with Crippen LogP contribution < -0.4 is 5.32 Å². The molecule has 0 bridgehead atoms. The van der Waals surface area contributed by atoms with Crippen LogP contribution in [0.25, 0.3) is 0 Å². The number of rotatable bonds is 5. The number of nitrogens with one attached hydrogen (secondary N) is 1. The third-order valence-electron chi connectivity index (χ3n) is 3.14. The maximum Gasteiger partial charge on any atom is 0.376 e. The molecule has 0 aliphatic carbocycles. The predicted molar refractivity (Wildman–Crippen MR) is 71.4 cm³/mol. The fourth-order valence-electron chi connectivity index (χ4n) is 2.22. The maximum absolute atomic E-state index is 11.2. The lowest BCUT2D eigenvalue weighted by Crippen LogP contribution is -2.50. The average molecular weight is 300 g/mol. The van der Waals surface area contributed by atoms with Gasteiger partial charge in [0.05, 0.1) is 12.7 Å². The fourth-order valence-corrected chi connectivity index (χ4v) is 2.70. The largest absolute Gasteiger partial charge is 0.376 e. The zero-order valence-corrected chi connectivity index (χ0v) is 12.1. The molecule has 7 nitrogen and oxygen atoms in total. The SMILES string of the molecule is C#CO[PH](=O)OCC1CCC(N2C=CC(=O)NC2C)O1. The van der Waals surface area contributed by atoms with Gasteiger partial charge in [0.1, 0.15) is 18.5 Å². The van der Waals surface area contributed by atoms with Crippen LogP contribution in [0.2, 0.25) is 0 Å². The van der Waals surface area contributed by atoms with Crippen molar-refractivity contribution in [2.75, 3.05) is 6.61 Å². The molecule has 2 heterocycles. The summed E-state index contributed by atoms with van der Waals surface area (Å²) < 4.78 is 26.3. The molecule has 1 N–H and O–H groups in total. The Bertz CT molecular complexity index is 461. The normalized spacial score (nSPS) is 30.7. The Balaban J connectivity index is 1.80. The highest BCUT2D eigenvalue weighted by Gasteiger charge is 2.32. The Hall–Kier alpha value is -1.48. The van der Waals surface area contributed by atoms with Gasteiger partial charge in [-0.15, -0.1) is 0 Å². The van der Waals surface area contributed by atoms with E-state index in [1.54, 1.807) is 6.20 Å². The molecule has 2 aliphatic heterocycles. The van der Waals surface area contributed by atoms with Gasteiger partial charge in [-0.25, -0.2) is 4.57 Å². The molecule has 0 aromatic heterocycles. The highest BCUT2D eigenvalue weighted by molar-refractivity contribution is 7.33. The lowest BCUT2D eigenvalue weighted by Gasteiger charge is -2.35. The second-order valence-corrected chi connectivity index (χ2v) is 5.51. The number of nitrogens with zero attached hydrogens (tertiary/aromatic N) is 1. The highest BCUT2D eigenvalue weighted by atomic mass is 31.1. The van der Waals surface area contributed by atoms with Gasteiger partial charge in [-0.1, -0.05) is 6.42 Å². The predicted octanol–water partition coefficient (Wildman–Crippen LogP) is 0.797. The third kappa shape index (κ3) is 3.76. The van der Waals surface area contributed by atoms with Crippen molar-refractivity contribution in [1.29, 1.82) is 0 Å². The van der Waals surface area contributed by atoms with Gasteiger partial charge in [0.2, 0.25) is 5.91 Å². The van der Waals surface area contributed by atoms with Crippen molar-refractivity contribution in [3.05, 3.63) is 12.3 Å². The number of ether oxygens (including phenoxy) is 1. The second kappa shape index (κ2) is 6.80. The van der Waals surface area contributed by atoms with Gasteiger partial charge in [-0.05, 0) is 19.8 Å². The lowest BCUT2D eigenvalue weighted by molar-refractivity contribution is -0.122. The fraction of sp³-hybridized carbons (Fsp3) is 0.583. The van der Waals surface area contributed by atoms with Gasteiger partial charge in [0.25, 0.3) is 0 Å². The molecule has 1 amide bonds. The molecule has 1 saturated heterocycles. The highest BCUT2D eigenvalue weighted by Crippen LogP contribution is 2.29. The first-order valence-corrected chi connectivity index (χ1v) is 7.53. The van der Waals surface area contributed by atoms with Crippen molar-refractivity contribution in [2.45, 2.75) is 38.3 Å². The van der Waals surface area contributed by atoms with E-state index in [9.17, 15) is 9.36 Å². The minimum absolute atomic E-state index is 0.114. The number of amides is 1. The summed E-state index contributed by atoms with van der Waals surface area (Å²) in [5.41, 5.74) is 0.